The molecule has 7 nitrogen and oxygen atoms in total. The van der Waals surface area contributed by atoms with Crippen LogP contribution in [0.4, 0.5) is 10.1 Å². The highest BCUT2D eigenvalue weighted by atomic mass is 19.1. The summed E-state index contributed by atoms with van der Waals surface area (Å²) in [5.74, 6) is 0.371. The molecule has 0 atom stereocenters. The summed E-state index contributed by atoms with van der Waals surface area (Å²) in [6.45, 7) is 0.360. The SMILES string of the molecule is Fc1cccc(-n2cccn2)c1NCc1nnnn1C1CC1. The molecule has 1 N–H and O–H groups in total. The topological polar surface area (TPSA) is 73.5 Å². The molecule has 4 rings (SSSR count). The average molecular weight is 299 g/mol. The summed E-state index contributed by atoms with van der Waals surface area (Å²) in [6, 6.07) is 7.06. The standard InChI is InChI=1S/C14H14FN7/c15-11-3-1-4-12(21-8-2-7-17-21)14(11)16-9-13-18-19-20-22(13)10-5-6-10/h1-4,7-8,10,16H,5-6,9H2. The highest BCUT2D eigenvalue weighted by Crippen LogP contribution is 2.34. The number of aromatic nitrogens is 6. The summed E-state index contributed by atoms with van der Waals surface area (Å²) < 4.78 is 17.6. The minimum absolute atomic E-state index is 0.335. The van der Waals surface area contributed by atoms with Crippen molar-refractivity contribution in [1.29, 1.82) is 0 Å². The quantitative estimate of drug-likeness (QED) is 0.779. The van der Waals surface area contributed by atoms with Crippen molar-refractivity contribution in [2.45, 2.75) is 25.4 Å². The number of halogens is 1. The normalized spacial score (nSPS) is 14.2. The van der Waals surface area contributed by atoms with Gasteiger partial charge < -0.3 is 5.32 Å². The lowest BCUT2D eigenvalue weighted by Crippen LogP contribution is -2.11. The van der Waals surface area contributed by atoms with Crippen LogP contribution in [-0.2, 0) is 6.54 Å². The van der Waals surface area contributed by atoms with Crippen LogP contribution >= 0.6 is 0 Å². The minimum atomic E-state index is -0.335. The summed E-state index contributed by atoms with van der Waals surface area (Å²) in [5.41, 5.74) is 1.03. The molecule has 3 aromatic rings. The predicted molar refractivity (Wildman–Crippen MR) is 76.9 cm³/mol. The second-order valence-corrected chi connectivity index (χ2v) is 5.21. The number of benzene rings is 1. The molecule has 22 heavy (non-hydrogen) atoms. The van der Waals surface area contributed by atoms with Crippen LogP contribution in [0.2, 0.25) is 0 Å². The Morgan fingerprint density at radius 1 is 1.27 bits per heavy atom. The number of nitrogens with zero attached hydrogens (tertiary/aromatic N) is 6. The van der Waals surface area contributed by atoms with Gasteiger partial charge in [-0.1, -0.05) is 6.07 Å². The molecule has 1 aliphatic rings. The van der Waals surface area contributed by atoms with Crippen LogP contribution in [0.3, 0.4) is 0 Å². The van der Waals surface area contributed by atoms with Crippen LogP contribution < -0.4 is 5.32 Å². The van der Waals surface area contributed by atoms with Gasteiger partial charge in [-0.15, -0.1) is 5.10 Å². The van der Waals surface area contributed by atoms with Crippen molar-refractivity contribution in [2.24, 2.45) is 0 Å². The molecule has 0 unspecified atom stereocenters. The van der Waals surface area contributed by atoms with Crippen LogP contribution in [0.15, 0.2) is 36.7 Å². The molecule has 0 bridgehead atoms. The maximum atomic E-state index is 14.2. The number of tetrazole rings is 1. The number of para-hydroxylation sites is 1. The Balaban J connectivity index is 1.61. The lowest BCUT2D eigenvalue weighted by Gasteiger charge is -2.12. The van der Waals surface area contributed by atoms with Gasteiger partial charge in [-0.3, -0.25) is 0 Å². The summed E-state index contributed by atoms with van der Waals surface area (Å²) in [4.78, 5) is 0. The summed E-state index contributed by atoms with van der Waals surface area (Å²) in [5, 5.41) is 19.0. The molecule has 1 saturated carbocycles. The van der Waals surface area contributed by atoms with E-state index < -0.39 is 0 Å². The Morgan fingerprint density at radius 2 is 2.18 bits per heavy atom. The fraction of sp³-hybridized carbons (Fsp3) is 0.286. The van der Waals surface area contributed by atoms with E-state index in [0.717, 1.165) is 12.8 Å². The lowest BCUT2D eigenvalue weighted by molar-refractivity contribution is 0.584. The van der Waals surface area contributed by atoms with E-state index in [0.29, 0.717) is 29.8 Å². The van der Waals surface area contributed by atoms with Crippen LogP contribution in [0.25, 0.3) is 5.69 Å². The first kappa shape index (κ1) is 12.9. The van der Waals surface area contributed by atoms with Crippen molar-refractivity contribution in [3.05, 3.63) is 48.3 Å². The Kier molecular flexibility index (Phi) is 3.06. The zero-order chi connectivity index (χ0) is 14.9. The molecular weight excluding hydrogens is 285 g/mol. The van der Waals surface area contributed by atoms with E-state index in [1.54, 1.807) is 33.9 Å². The molecule has 1 aromatic carbocycles. The Labute approximate surface area is 125 Å². The van der Waals surface area contributed by atoms with Gasteiger partial charge in [0, 0.05) is 12.4 Å². The highest BCUT2D eigenvalue weighted by Gasteiger charge is 2.27. The third kappa shape index (κ3) is 2.32. The van der Waals surface area contributed by atoms with Crippen LogP contribution in [0.5, 0.6) is 0 Å². The van der Waals surface area contributed by atoms with Gasteiger partial charge >= 0.3 is 0 Å². The van der Waals surface area contributed by atoms with Gasteiger partial charge in [0.15, 0.2) is 5.82 Å². The fourth-order valence-electron chi connectivity index (χ4n) is 2.39. The van der Waals surface area contributed by atoms with Crippen molar-refractivity contribution in [2.75, 3.05) is 5.32 Å². The van der Waals surface area contributed by atoms with Crippen molar-refractivity contribution in [3.8, 4) is 5.69 Å². The van der Waals surface area contributed by atoms with E-state index in [-0.39, 0.29) is 5.82 Å². The largest absolute Gasteiger partial charge is 0.374 e. The van der Waals surface area contributed by atoms with Crippen molar-refractivity contribution in [1.82, 2.24) is 30.0 Å². The molecule has 112 valence electrons. The first-order valence-corrected chi connectivity index (χ1v) is 7.12. The molecule has 2 aromatic heterocycles. The molecular formula is C14H14FN7. The Bertz CT molecular complexity index is 776. The first-order valence-electron chi connectivity index (χ1n) is 7.12. The number of nitrogens with one attached hydrogen (secondary N) is 1. The minimum Gasteiger partial charge on any atom is -0.374 e. The van der Waals surface area contributed by atoms with Gasteiger partial charge in [-0.2, -0.15) is 5.10 Å². The maximum Gasteiger partial charge on any atom is 0.170 e. The zero-order valence-corrected chi connectivity index (χ0v) is 11.7. The van der Waals surface area contributed by atoms with Gasteiger partial charge in [0.1, 0.15) is 5.82 Å². The lowest BCUT2D eigenvalue weighted by atomic mass is 10.2. The highest BCUT2D eigenvalue weighted by molar-refractivity contribution is 5.61. The molecule has 1 aliphatic carbocycles. The second kappa shape index (κ2) is 5.21. The van der Waals surface area contributed by atoms with Crippen molar-refractivity contribution >= 4 is 5.69 Å². The molecule has 0 saturated heterocycles. The smallest absolute Gasteiger partial charge is 0.170 e. The van der Waals surface area contributed by atoms with E-state index in [9.17, 15) is 4.39 Å². The fourth-order valence-corrected chi connectivity index (χ4v) is 2.39. The van der Waals surface area contributed by atoms with Crippen molar-refractivity contribution < 1.29 is 4.39 Å². The van der Waals surface area contributed by atoms with E-state index in [1.807, 2.05) is 6.07 Å². The van der Waals surface area contributed by atoms with Crippen LogP contribution in [0, 0.1) is 5.82 Å². The third-order valence-electron chi connectivity index (χ3n) is 3.62. The van der Waals surface area contributed by atoms with E-state index in [1.165, 1.54) is 6.07 Å². The monoisotopic (exact) mass is 299 g/mol. The number of rotatable bonds is 5. The summed E-state index contributed by atoms with van der Waals surface area (Å²) in [7, 11) is 0. The summed E-state index contributed by atoms with van der Waals surface area (Å²) >= 11 is 0. The number of hydrogen-bond donors (Lipinski definition) is 1. The number of hydrogen-bond acceptors (Lipinski definition) is 5. The molecule has 0 radical (unpaired) electrons. The second-order valence-electron chi connectivity index (χ2n) is 5.21. The van der Waals surface area contributed by atoms with E-state index in [2.05, 4.69) is 25.9 Å². The van der Waals surface area contributed by atoms with Gasteiger partial charge in [0.25, 0.3) is 0 Å². The Morgan fingerprint density at radius 3 is 2.95 bits per heavy atom. The average Bonchev–Trinajstić information content (AvgIpc) is 3.03. The summed E-state index contributed by atoms with van der Waals surface area (Å²) in [6.07, 6.45) is 5.61. The van der Waals surface area contributed by atoms with E-state index in [4.69, 9.17) is 0 Å². The number of anilines is 1. The van der Waals surface area contributed by atoms with Crippen LogP contribution in [0.1, 0.15) is 24.7 Å². The molecule has 1 fully saturated rings. The van der Waals surface area contributed by atoms with Crippen LogP contribution in [-0.4, -0.2) is 30.0 Å². The van der Waals surface area contributed by atoms with Gasteiger partial charge in [-0.05, 0) is 41.5 Å². The van der Waals surface area contributed by atoms with Crippen molar-refractivity contribution in [3.63, 3.8) is 0 Å². The van der Waals surface area contributed by atoms with Gasteiger partial charge in [-0.25, -0.2) is 13.8 Å². The first-order chi connectivity index (χ1) is 10.8. The molecule has 8 heteroatoms. The van der Waals surface area contributed by atoms with E-state index >= 15 is 0 Å². The zero-order valence-electron chi connectivity index (χ0n) is 11.7. The molecule has 0 spiro atoms. The molecule has 2 heterocycles. The Hall–Kier alpha value is -2.77. The predicted octanol–water partition coefficient (Wildman–Crippen LogP) is 1.94. The maximum absolute atomic E-state index is 14.2. The third-order valence-corrected chi connectivity index (χ3v) is 3.62. The molecule has 0 amide bonds. The van der Waals surface area contributed by atoms with Gasteiger partial charge in [0.05, 0.1) is 24.0 Å². The van der Waals surface area contributed by atoms with Gasteiger partial charge in [0.2, 0.25) is 0 Å². The molecule has 0 aliphatic heterocycles.